The summed E-state index contributed by atoms with van der Waals surface area (Å²) in [6.07, 6.45) is 1.69. The predicted molar refractivity (Wildman–Crippen MR) is 147 cm³/mol. The molecule has 2 amide bonds. The molecular formula is C26H18BrIN2O4S. The molecule has 1 aliphatic rings. The fourth-order valence-electron chi connectivity index (χ4n) is 3.43. The van der Waals surface area contributed by atoms with Gasteiger partial charge >= 0.3 is 0 Å². The first-order valence-electron chi connectivity index (χ1n) is 10.4. The van der Waals surface area contributed by atoms with Crippen LogP contribution in [0.15, 0.2) is 70.0 Å². The van der Waals surface area contributed by atoms with Gasteiger partial charge in [0.1, 0.15) is 6.61 Å². The first kappa shape index (κ1) is 25.3. The fourth-order valence-corrected chi connectivity index (χ4v) is 5.31. The lowest BCUT2D eigenvalue weighted by Crippen LogP contribution is -2.27. The standard InChI is InChI=1S/C26H18BrIN2O4S/c1-33-22-11-17(10-21(28)24(22)34-15-19-5-3-2-4-18(19)13-29)12-23-25(31)30(26(32)35-23)14-16-6-8-20(27)9-7-16/h2-12H,14-15H2,1H3/b23-12-. The van der Waals surface area contributed by atoms with Crippen molar-refractivity contribution in [2.75, 3.05) is 7.11 Å². The highest BCUT2D eigenvalue weighted by Gasteiger charge is 2.35. The maximum absolute atomic E-state index is 12.9. The summed E-state index contributed by atoms with van der Waals surface area (Å²) in [6.45, 7) is 0.428. The van der Waals surface area contributed by atoms with Crippen LogP contribution in [0, 0.1) is 14.9 Å². The quantitative estimate of drug-likeness (QED) is 0.206. The Balaban J connectivity index is 1.54. The SMILES string of the molecule is COc1cc(/C=C2\SC(=O)N(Cc3ccc(Br)cc3)C2=O)cc(I)c1OCc1ccccc1C#N. The molecule has 1 heterocycles. The van der Waals surface area contributed by atoms with Gasteiger partial charge in [0.25, 0.3) is 11.1 Å². The molecule has 35 heavy (non-hydrogen) atoms. The number of imide groups is 1. The first-order valence-corrected chi connectivity index (χ1v) is 13.1. The van der Waals surface area contributed by atoms with Crippen LogP contribution < -0.4 is 9.47 Å². The molecule has 1 saturated heterocycles. The van der Waals surface area contributed by atoms with Gasteiger partial charge in [-0.15, -0.1) is 0 Å². The van der Waals surface area contributed by atoms with Gasteiger partial charge in [0, 0.05) is 10.0 Å². The maximum Gasteiger partial charge on any atom is 0.293 e. The van der Waals surface area contributed by atoms with Crippen LogP contribution in [0.2, 0.25) is 0 Å². The van der Waals surface area contributed by atoms with Crippen LogP contribution in [-0.2, 0) is 17.9 Å². The van der Waals surface area contributed by atoms with Crippen molar-refractivity contribution in [3.8, 4) is 17.6 Å². The molecule has 0 aromatic heterocycles. The Bertz CT molecular complexity index is 1370. The van der Waals surface area contributed by atoms with Crippen molar-refractivity contribution >= 4 is 67.5 Å². The topological polar surface area (TPSA) is 79.6 Å². The third-order valence-electron chi connectivity index (χ3n) is 5.19. The monoisotopic (exact) mass is 660 g/mol. The van der Waals surface area contributed by atoms with Crippen molar-refractivity contribution < 1.29 is 19.1 Å². The number of nitriles is 1. The second-order valence-corrected chi connectivity index (χ2v) is 10.6. The van der Waals surface area contributed by atoms with Crippen LogP contribution in [0.1, 0.15) is 22.3 Å². The van der Waals surface area contributed by atoms with Gasteiger partial charge in [0.15, 0.2) is 11.5 Å². The lowest BCUT2D eigenvalue weighted by Gasteiger charge is -2.14. The maximum atomic E-state index is 12.9. The summed E-state index contributed by atoms with van der Waals surface area (Å²) in [5.41, 5.74) is 2.91. The summed E-state index contributed by atoms with van der Waals surface area (Å²) in [5, 5.41) is 8.99. The predicted octanol–water partition coefficient (Wildman–Crippen LogP) is 6.75. The average molecular weight is 661 g/mol. The Labute approximate surface area is 229 Å². The number of benzene rings is 3. The zero-order valence-electron chi connectivity index (χ0n) is 18.5. The van der Waals surface area contributed by atoms with Gasteiger partial charge in [-0.3, -0.25) is 14.5 Å². The van der Waals surface area contributed by atoms with E-state index in [4.69, 9.17) is 9.47 Å². The van der Waals surface area contributed by atoms with Crippen LogP contribution in [0.3, 0.4) is 0 Å². The summed E-state index contributed by atoms with van der Waals surface area (Å²) >= 11 is 6.45. The molecule has 0 bridgehead atoms. The molecule has 176 valence electrons. The molecule has 1 fully saturated rings. The summed E-state index contributed by atoms with van der Waals surface area (Å²) in [5.74, 6) is 0.707. The summed E-state index contributed by atoms with van der Waals surface area (Å²) in [7, 11) is 1.54. The molecule has 0 aliphatic carbocycles. The largest absolute Gasteiger partial charge is 0.493 e. The van der Waals surface area contributed by atoms with Crippen molar-refractivity contribution in [1.82, 2.24) is 4.90 Å². The first-order chi connectivity index (χ1) is 16.9. The number of hydrogen-bond acceptors (Lipinski definition) is 6. The van der Waals surface area contributed by atoms with Gasteiger partial charge in [-0.05, 0) is 81.9 Å². The number of nitrogens with zero attached hydrogens (tertiary/aromatic N) is 2. The number of carbonyl (C=O) groups excluding carboxylic acids is 2. The number of ether oxygens (including phenoxy) is 2. The number of amides is 2. The van der Waals surface area contributed by atoms with Gasteiger partial charge in [-0.1, -0.05) is 46.3 Å². The van der Waals surface area contributed by atoms with E-state index >= 15 is 0 Å². The zero-order valence-corrected chi connectivity index (χ0v) is 23.0. The summed E-state index contributed by atoms with van der Waals surface area (Å²) in [4.78, 5) is 27.1. The van der Waals surface area contributed by atoms with Crippen LogP contribution in [0.4, 0.5) is 4.79 Å². The van der Waals surface area contributed by atoms with Crippen LogP contribution in [0.5, 0.6) is 11.5 Å². The Hall–Kier alpha value is -2.81. The van der Waals surface area contributed by atoms with Crippen LogP contribution >= 0.6 is 50.3 Å². The van der Waals surface area contributed by atoms with E-state index in [1.807, 2.05) is 48.5 Å². The lowest BCUT2D eigenvalue weighted by atomic mass is 10.1. The van der Waals surface area contributed by atoms with E-state index < -0.39 is 0 Å². The average Bonchev–Trinajstić information content (AvgIpc) is 3.11. The Morgan fingerprint density at radius 2 is 1.89 bits per heavy atom. The number of rotatable bonds is 7. The molecule has 0 saturated carbocycles. The van der Waals surface area contributed by atoms with E-state index in [1.165, 1.54) is 12.0 Å². The molecule has 0 atom stereocenters. The van der Waals surface area contributed by atoms with E-state index in [1.54, 1.807) is 18.2 Å². The normalized spacial score (nSPS) is 14.3. The molecule has 4 rings (SSSR count). The second-order valence-electron chi connectivity index (χ2n) is 7.49. The third kappa shape index (κ3) is 5.89. The fraction of sp³-hybridized carbons (Fsp3) is 0.115. The highest BCUT2D eigenvalue weighted by molar-refractivity contribution is 14.1. The second kappa shape index (κ2) is 11.3. The number of hydrogen-bond donors (Lipinski definition) is 0. The summed E-state index contributed by atoms with van der Waals surface area (Å²) < 4.78 is 13.2. The third-order valence-corrected chi connectivity index (χ3v) is 7.42. The van der Waals surface area contributed by atoms with Crippen molar-refractivity contribution in [3.05, 3.63) is 95.9 Å². The smallest absolute Gasteiger partial charge is 0.293 e. The lowest BCUT2D eigenvalue weighted by molar-refractivity contribution is -0.123. The number of halogens is 2. The van der Waals surface area contributed by atoms with Gasteiger partial charge in [0.2, 0.25) is 0 Å². The summed E-state index contributed by atoms with van der Waals surface area (Å²) in [6, 6.07) is 20.5. The molecule has 3 aromatic rings. The van der Waals surface area contributed by atoms with E-state index in [0.29, 0.717) is 27.5 Å². The van der Waals surface area contributed by atoms with E-state index in [2.05, 4.69) is 44.6 Å². The minimum Gasteiger partial charge on any atom is -0.493 e. The van der Waals surface area contributed by atoms with E-state index in [9.17, 15) is 14.9 Å². The highest BCUT2D eigenvalue weighted by atomic mass is 127. The Morgan fingerprint density at radius 1 is 1.14 bits per heavy atom. The number of thioether (sulfide) groups is 1. The minimum atomic E-state index is -0.328. The van der Waals surface area contributed by atoms with Gasteiger partial charge in [-0.25, -0.2) is 0 Å². The van der Waals surface area contributed by atoms with Crippen molar-refractivity contribution in [3.63, 3.8) is 0 Å². The van der Waals surface area contributed by atoms with Crippen molar-refractivity contribution in [1.29, 1.82) is 5.26 Å². The molecule has 0 spiro atoms. The van der Waals surface area contributed by atoms with Crippen LogP contribution in [0.25, 0.3) is 6.08 Å². The van der Waals surface area contributed by atoms with Gasteiger partial charge in [0.05, 0.1) is 33.8 Å². The molecule has 0 N–H and O–H groups in total. The van der Waals surface area contributed by atoms with E-state index in [-0.39, 0.29) is 24.3 Å². The molecule has 0 radical (unpaired) electrons. The molecular weight excluding hydrogens is 643 g/mol. The zero-order chi connectivity index (χ0) is 24.9. The van der Waals surface area contributed by atoms with Crippen molar-refractivity contribution in [2.24, 2.45) is 0 Å². The highest BCUT2D eigenvalue weighted by Crippen LogP contribution is 2.38. The van der Waals surface area contributed by atoms with Gasteiger partial charge in [-0.2, -0.15) is 5.26 Å². The van der Waals surface area contributed by atoms with Crippen LogP contribution in [-0.4, -0.2) is 23.2 Å². The minimum absolute atomic E-state index is 0.213. The van der Waals surface area contributed by atoms with Crippen molar-refractivity contribution in [2.45, 2.75) is 13.2 Å². The number of methoxy groups -OCH3 is 1. The molecule has 0 unspecified atom stereocenters. The Morgan fingerprint density at radius 3 is 2.60 bits per heavy atom. The number of carbonyl (C=O) groups is 2. The van der Waals surface area contributed by atoms with E-state index in [0.717, 1.165) is 30.9 Å². The Kier molecular flexibility index (Phi) is 8.15. The molecule has 6 nitrogen and oxygen atoms in total. The molecule has 1 aliphatic heterocycles. The molecule has 3 aromatic carbocycles. The molecule has 9 heteroatoms. The van der Waals surface area contributed by atoms with Gasteiger partial charge < -0.3 is 9.47 Å².